The van der Waals surface area contributed by atoms with Gasteiger partial charge in [0.25, 0.3) is 0 Å². The van der Waals surface area contributed by atoms with Crippen molar-refractivity contribution in [3.8, 4) is 0 Å². The molecule has 0 aliphatic carbocycles. The molecular formula is C8H4BrClFIO. The Kier molecular flexibility index (Phi) is 4.12. The van der Waals surface area contributed by atoms with Crippen LogP contribution < -0.4 is 0 Å². The van der Waals surface area contributed by atoms with Crippen LogP contribution in [0.5, 0.6) is 0 Å². The maximum Gasteiger partial charge on any atom is 0.179 e. The molecule has 0 aliphatic rings. The summed E-state index contributed by atoms with van der Waals surface area (Å²) in [5, 5.41) is 0. The molecule has 0 saturated heterocycles. The van der Waals surface area contributed by atoms with E-state index in [0.29, 0.717) is 13.6 Å². The first-order chi connectivity index (χ1) is 6.06. The molecule has 1 rings (SSSR count). The monoisotopic (exact) mass is 376 g/mol. The molecule has 0 fully saturated rings. The van der Waals surface area contributed by atoms with Crippen LogP contribution in [0.1, 0.15) is 10.4 Å². The van der Waals surface area contributed by atoms with E-state index in [4.69, 9.17) is 11.6 Å². The fourth-order valence-corrected chi connectivity index (χ4v) is 2.92. The Balaban J connectivity index is 3.28. The Morgan fingerprint density at radius 3 is 2.69 bits per heavy atom. The highest BCUT2D eigenvalue weighted by atomic mass is 127. The normalized spacial score (nSPS) is 10.2. The van der Waals surface area contributed by atoms with Gasteiger partial charge in [0, 0.05) is 13.6 Å². The lowest BCUT2D eigenvalue weighted by Crippen LogP contribution is -2.04. The van der Waals surface area contributed by atoms with Gasteiger partial charge in [-0.15, -0.1) is 11.6 Å². The van der Waals surface area contributed by atoms with Crippen LogP contribution in [-0.2, 0) is 0 Å². The summed E-state index contributed by atoms with van der Waals surface area (Å²) in [5.41, 5.74) is 0.442. The van der Waals surface area contributed by atoms with E-state index < -0.39 is 0 Å². The molecule has 0 atom stereocenters. The number of ketones is 1. The van der Waals surface area contributed by atoms with Crippen molar-refractivity contribution in [1.82, 2.24) is 0 Å². The van der Waals surface area contributed by atoms with Gasteiger partial charge in [-0.2, -0.15) is 0 Å². The molecule has 0 aliphatic heterocycles. The van der Waals surface area contributed by atoms with E-state index in [1.165, 1.54) is 12.1 Å². The molecule has 1 aromatic rings. The van der Waals surface area contributed by atoms with Gasteiger partial charge in [0.1, 0.15) is 5.82 Å². The molecule has 0 aromatic heterocycles. The second kappa shape index (κ2) is 4.70. The highest BCUT2D eigenvalue weighted by Gasteiger charge is 2.14. The maximum atomic E-state index is 12.8. The maximum absolute atomic E-state index is 12.8. The van der Waals surface area contributed by atoms with Gasteiger partial charge in [-0.3, -0.25) is 4.79 Å². The Morgan fingerprint density at radius 1 is 1.62 bits per heavy atom. The highest BCUT2D eigenvalue weighted by molar-refractivity contribution is 14.1. The van der Waals surface area contributed by atoms with Crippen LogP contribution >= 0.6 is 50.1 Å². The van der Waals surface area contributed by atoms with E-state index in [1.54, 1.807) is 0 Å². The third-order valence-electron chi connectivity index (χ3n) is 1.41. The van der Waals surface area contributed by atoms with Crippen molar-refractivity contribution in [3.05, 3.63) is 31.6 Å². The minimum Gasteiger partial charge on any atom is -0.293 e. The van der Waals surface area contributed by atoms with E-state index in [0.717, 1.165) is 0 Å². The number of rotatable bonds is 2. The zero-order chi connectivity index (χ0) is 10.0. The number of carbonyl (C=O) groups is 1. The van der Waals surface area contributed by atoms with Crippen molar-refractivity contribution in [2.45, 2.75) is 0 Å². The molecule has 0 heterocycles. The number of alkyl halides is 1. The molecule has 1 aromatic carbocycles. The molecule has 0 bridgehead atoms. The number of carbonyl (C=O) groups excluding carboxylic acids is 1. The zero-order valence-electron chi connectivity index (χ0n) is 6.28. The van der Waals surface area contributed by atoms with Crippen molar-refractivity contribution in [1.29, 1.82) is 0 Å². The number of hydrogen-bond acceptors (Lipinski definition) is 1. The van der Waals surface area contributed by atoms with Gasteiger partial charge >= 0.3 is 0 Å². The Morgan fingerprint density at radius 2 is 2.23 bits per heavy atom. The number of halogens is 4. The van der Waals surface area contributed by atoms with Gasteiger partial charge in [-0.1, -0.05) is 0 Å². The van der Waals surface area contributed by atoms with Crippen LogP contribution in [0.25, 0.3) is 0 Å². The van der Waals surface area contributed by atoms with Crippen molar-refractivity contribution < 1.29 is 9.18 Å². The van der Waals surface area contributed by atoms with Crippen molar-refractivity contribution in [2.75, 3.05) is 5.88 Å². The second-order valence-electron chi connectivity index (χ2n) is 2.30. The first-order valence-electron chi connectivity index (χ1n) is 3.30. The smallest absolute Gasteiger partial charge is 0.179 e. The highest BCUT2D eigenvalue weighted by Crippen LogP contribution is 2.24. The number of Topliss-reactive ketones (excluding diaryl/α,β-unsaturated/α-hetero) is 1. The Hall–Kier alpha value is 0.320. The number of benzene rings is 1. The first kappa shape index (κ1) is 11.4. The van der Waals surface area contributed by atoms with Crippen LogP contribution in [0.15, 0.2) is 16.6 Å². The number of hydrogen-bond donors (Lipinski definition) is 0. The summed E-state index contributed by atoms with van der Waals surface area (Å²) in [5.74, 6) is -0.680. The fourth-order valence-electron chi connectivity index (χ4n) is 0.875. The minimum absolute atomic E-state index is 0.0970. The topological polar surface area (TPSA) is 17.1 Å². The molecule has 0 saturated carbocycles. The van der Waals surface area contributed by atoms with Gasteiger partial charge in [0.2, 0.25) is 0 Å². The van der Waals surface area contributed by atoms with Crippen LogP contribution in [0.2, 0.25) is 0 Å². The third kappa shape index (κ3) is 2.63. The third-order valence-corrected chi connectivity index (χ3v) is 3.13. The molecule has 0 amide bonds. The van der Waals surface area contributed by atoms with Crippen LogP contribution in [0.3, 0.4) is 0 Å². The summed E-state index contributed by atoms with van der Waals surface area (Å²) in [6.07, 6.45) is 0. The zero-order valence-corrected chi connectivity index (χ0v) is 10.8. The van der Waals surface area contributed by atoms with Gasteiger partial charge in [-0.05, 0) is 50.7 Å². The fraction of sp³-hybridized carbons (Fsp3) is 0.125. The van der Waals surface area contributed by atoms with Gasteiger partial charge in [0.05, 0.1) is 5.88 Å². The van der Waals surface area contributed by atoms with E-state index in [-0.39, 0.29) is 17.5 Å². The van der Waals surface area contributed by atoms with E-state index in [1.807, 2.05) is 22.6 Å². The molecule has 5 heteroatoms. The summed E-state index contributed by atoms with van der Waals surface area (Å²) in [6, 6.07) is 2.55. The molecule has 0 unspecified atom stereocenters. The Labute approximate surface area is 102 Å². The largest absolute Gasteiger partial charge is 0.293 e. The SMILES string of the molecule is O=C(CCl)c1c(Br)cc(F)cc1I. The van der Waals surface area contributed by atoms with Gasteiger partial charge < -0.3 is 0 Å². The molecule has 0 spiro atoms. The lowest BCUT2D eigenvalue weighted by Gasteiger charge is -2.04. The second-order valence-corrected chi connectivity index (χ2v) is 4.59. The van der Waals surface area contributed by atoms with Crippen LogP contribution in [0.4, 0.5) is 4.39 Å². The summed E-state index contributed by atoms with van der Waals surface area (Å²) in [4.78, 5) is 11.3. The molecule has 1 nitrogen and oxygen atoms in total. The quantitative estimate of drug-likeness (QED) is 0.437. The van der Waals surface area contributed by atoms with E-state index >= 15 is 0 Å². The molecule has 0 radical (unpaired) electrons. The lowest BCUT2D eigenvalue weighted by atomic mass is 10.1. The van der Waals surface area contributed by atoms with Crippen molar-refractivity contribution >= 4 is 55.9 Å². The van der Waals surface area contributed by atoms with Crippen LogP contribution in [0, 0.1) is 9.39 Å². The van der Waals surface area contributed by atoms with Crippen molar-refractivity contribution in [3.63, 3.8) is 0 Å². The summed E-state index contributed by atoms with van der Waals surface area (Å²) >= 11 is 10.4. The first-order valence-corrected chi connectivity index (χ1v) is 5.70. The average molecular weight is 377 g/mol. The molecule has 70 valence electrons. The molecule has 0 N–H and O–H groups in total. The van der Waals surface area contributed by atoms with Gasteiger partial charge in [0.15, 0.2) is 5.78 Å². The summed E-state index contributed by atoms with van der Waals surface area (Å²) < 4.78 is 13.8. The molecule has 13 heavy (non-hydrogen) atoms. The van der Waals surface area contributed by atoms with Crippen molar-refractivity contribution in [2.24, 2.45) is 0 Å². The molecular weight excluding hydrogens is 373 g/mol. The summed E-state index contributed by atoms with van der Waals surface area (Å²) in [6.45, 7) is 0. The minimum atomic E-state index is -0.373. The standard InChI is InChI=1S/C8H4BrClFIO/c9-5-1-4(11)2-6(12)8(5)7(13)3-10/h1-2H,3H2. The van der Waals surface area contributed by atoms with Crippen LogP contribution in [-0.4, -0.2) is 11.7 Å². The van der Waals surface area contributed by atoms with E-state index in [2.05, 4.69) is 15.9 Å². The predicted molar refractivity (Wildman–Crippen MR) is 61.9 cm³/mol. The summed E-state index contributed by atoms with van der Waals surface area (Å²) in [7, 11) is 0. The average Bonchev–Trinajstić information content (AvgIpc) is 2.02. The van der Waals surface area contributed by atoms with Gasteiger partial charge in [-0.25, -0.2) is 4.39 Å². The predicted octanol–water partition coefficient (Wildman–Crippen LogP) is 3.61. The lowest BCUT2D eigenvalue weighted by molar-refractivity contribution is 0.101. The Bertz CT molecular complexity index is 333. The van der Waals surface area contributed by atoms with E-state index in [9.17, 15) is 9.18 Å².